The van der Waals surface area contributed by atoms with E-state index in [9.17, 15) is 10.1 Å². The number of hydrogen-bond acceptors (Lipinski definition) is 5. The molecular weight excluding hydrogens is 394 g/mol. The van der Waals surface area contributed by atoms with Gasteiger partial charge in [0, 0.05) is 18.0 Å². The minimum Gasteiger partial charge on any atom is -0.345 e. The van der Waals surface area contributed by atoms with Gasteiger partial charge in [-0.15, -0.1) is 11.3 Å². The molecule has 30 heavy (non-hydrogen) atoms. The molecule has 3 rings (SSSR count). The first-order valence-corrected chi connectivity index (χ1v) is 11.1. The van der Waals surface area contributed by atoms with Crippen LogP contribution in [0.3, 0.4) is 0 Å². The molecule has 0 saturated carbocycles. The van der Waals surface area contributed by atoms with E-state index < -0.39 is 5.54 Å². The summed E-state index contributed by atoms with van der Waals surface area (Å²) in [7, 11) is 1.65. The summed E-state index contributed by atoms with van der Waals surface area (Å²) in [6.07, 6.45) is 1.72. The highest BCUT2D eigenvalue weighted by molar-refractivity contribution is 7.10. The lowest BCUT2D eigenvalue weighted by molar-refractivity contribution is -0.135. The van der Waals surface area contributed by atoms with Crippen LogP contribution >= 0.6 is 11.3 Å². The van der Waals surface area contributed by atoms with Gasteiger partial charge in [0.1, 0.15) is 0 Å². The quantitative estimate of drug-likeness (QED) is 0.630. The first-order chi connectivity index (χ1) is 14.3. The summed E-state index contributed by atoms with van der Waals surface area (Å²) in [6, 6.07) is 12.2. The van der Waals surface area contributed by atoms with Crippen molar-refractivity contribution in [2.24, 2.45) is 5.92 Å². The van der Waals surface area contributed by atoms with Gasteiger partial charge in [-0.25, -0.2) is 0 Å². The van der Waals surface area contributed by atoms with Crippen molar-refractivity contribution >= 4 is 23.2 Å². The van der Waals surface area contributed by atoms with Crippen molar-refractivity contribution in [3.8, 4) is 17.2 Å². The van der Waals surface area contributed by atoms with E-state index in [1.807, 2.05) is 25.1 Å². The molecule has 7 heteroatoms. The Morgan fingerprint density at radius 2 is 2.17 bits per heavy atom. The molecule has 158 valence electrons. The molecule has 2 heterocycles. The third-order valence-corrected chi connectivity index (χ3v) is 7.18. The molecule has 1 fully saturated rings. The predicted octanol–water partition coefficient (Wildman–Crippen LogP) is 3.89. The Morgan fingerprint density at radius 3 is 2.87 bits per heavy atom. The summed E-state index contributed by atoms with van der Waals surface area (Å²) in [5, 5.41) is 26.3. The largest absolute Gasteiger partial charge is 0.345 e. The van der Waals surface area contributed by atoms with Gasteiger partial charge < -0.3 is 10.6 Å². The van der Waals surface area contributed by atoms with Gasteiger partial charge in [-0.3, -0.25) is 15.1 Å². The molecule has 2 aromatic rings. The molecule has 1 aliphatic rings. The van der Waals surface area contributed by atoms with Gasteiger partial charge in [0.25, 0.3) is 0 Å². The van der Waals surface area contributed by atoms with Crippen molar-refractivity contribution < 1.29 is 4.79 Å². The highest BCUT2D eigenvalue weighted by Crippen LogP contribution is 2.40. The Kier molecular flexibility index (Phi) is 6.59. The van der Waals surface area contributed by atoms with Crippen LogP contribution in [0.1, 0.15) is 44.1 Å². The van der Waals surface area contributed by atoms with Crippen LogP contribution in [0.15, 0.2) is 35.7 Å². The van der Waals surface area contributed by atoms with Crippen molar-refractivity contribution in [2.45, 2.75) is 45.2 Å². The molecule has 1 aromatic carbocycles. The Labute approximate surface area is 182 Å². The zero-order valence-corrected chi connectivity index (χ0v) is 18.8. The zero-order valence-electron chi connectivity index (χ0n) is 18.0. The van der Waals surface area contributed by atoms with E-state index in [-0.39, 0.29) is 17.8 Å². The topological polar surface area (TPSA) is 92.0 Å². The molecule has 1 amide bonds. The van der Waals surface area contributed by atoms with Gasteiger partial charge in [-0.1, -0.05) is 19.1 Å². The average Bonchev–Trinajstić information content (AvgIpc) is 3.25. The molecule has 0 radical (unpaired) electrons. The monoisotopic (exact) mass is 423 g/mol. The maximum absolute atomic E-state index is 13.1. The maximum Gasteiger partial charge on any atom is 0.234 e. The number of carbonyl (C=O) groups excluding carboxylic acids is 1. The number of thiophene rings is 1. The number of rotatable bonds is 7. The maximum atomic E-state index is 13.1. The van der Waals surface area contributed by atoms with Crippen LogP contribution in [-0.4, -0.2) is 36.4 Å². The number of amides is 1. The summed E-state index contributed by atoms with van der Waals surface area (Å²) in [5.41, 5.74) is 1.96. The predicted molar refractivity (Wildman–Crippen MR) is 121 cm³/mol. The zero-order chi connectivity index (χ0) is 21.9. The second kappa shape index (κ2) is 8.99. The molecule has 1 aliphatic heterocycles. The van der Waals surface area contributed by atoms with Crippen LogP contribution in [0.5, 0.6) is 0 Å². The lowest BCUT2D eigenvalue weighted by Crippen LogP contribution is -2.63. The van der Waals surface area contributed by atoms with Gasteiger partial charge in [0.05, 0.1) is 23.1 Å². The molecule has 1 aromatic heterocycles. The molecule has 0 bridgehead atoms. The van der Waals surface area contributed by atoms with E-state index >= 15 is 0 Å². The van der Waals surface area contributed by atoms with E-state index in [0.29, 0.717) is 18.0 Å². The van der Waals surface area contributed by atoms with Crippen molar-refractivity contribution in [3.05, 3.63) is 46.2 Å². The lowest BCUT2D eigenvalue weighted by atomic mass is 9.79. The van der Waals surface area contributed by atoms with Gasteiger partial charge >= 0.3 is 0 Å². The first kappa shape index (κ1) is 22.0. The van der Waals surface area contributed by atoms with Gasteiger partial charge in [0.15, 0.2) is 5.96 Å². The molecule has 3 N–H and O–H groups in total. The van der Waals surface area contributed by atoms with Crippen molar-refractivity contribution in [1.29, 1.82) is 10.7 Å². The highest BCUT2D eigenvalue weighted by atomic mass is 32.1. The molecule has 3 atom stereocenters. The second-order valence-electron chi connectivity index (χ2n) is 8.07. The Bertz CT molecular complexity index is 978. The van der Waals surface area contributed by atoms with Crippen LogP contribution in [0.25, 0.3) is 11.1 Å². The summed E-state index contributed by atoms with van der Waals surface area (Å²) in [4.78, 5) is 15.5. The average molecular weight is 424 g/mol. The van der Waals surface area contributed by atoms with Crippen molar-refractivity contribution in [1.82, 2.24) is 15.5 Å². The first-order valence-electron chi connectivity index (χ1n) is 10.3. The van der Waals surface area contributed by atoms with Crippen LogP contribution < -0.4 is 10.6 Å². The van der Waals surface area contributed by atoms with Crippen LogP contribution in [0, 0.1) is 22.7 Å². The number of benzene rings is 1. The molecule has 0 spiro atoms. The number of nitrogens with one attached hydrogen (secondary N) is 3. The standard InChI is InChI=1S/C23H29N5OS/c1-5-15(2)26-10-9-19-21(29)28(4)22(25)27-23(19,3)20-12-18(14-30-20)17-8-6-7-16(11-17)13-24/h6-8,11-12,14-15,19,26H,5,9-10H2,1-4H3,(H2,25,27)/t15?,19-,23-/m0/s1. The fourth-order valence-corrected chi connectivity index (χ4v) is 4.89. The smallest absolute Gasteiger partial charge is 0.234 e. The van der Waals surface area contributed by atoms with Crippen LogP contribution in [0.2, 0.25) is 0 Å². The normalized spacial score (nSPS) is 22.5. The fraction of sp³-hybridized carbons (Fsp3) is 0.435. The van der Waals surface area contributed by atoms with E-state index in [0.717, 1.165) is 29.0 Å². The van der Waals surface area contributed by atoms with Crippen LogP contribution in [-0.2, 0) is 10.3 Å². The number of carbonyl (C=O) groups is 1. The van der Waals surface area contributed by atoms with Gasteiger partial charge in [-0.2, -0.15) is 5.26 Å². The minimum absolute atomic E-state index is 0.0337. The summed E-state index contributed by atoms with van der Waals surface area (Å²) < 4.78 is 0. The van der Waals surface area contributed by atoms with Gasteiger partial charge in [0.2, 0.25) is 5.91 Å². The number of nitriles is 1. The third-order valence-electron chi connectivity index (χ3n) is 6.01. The van der Waals surface area contributed by atoms with Crippen molar-refractivity contribution in [3.63, 3.8) is 0 Å². The summed E-state index contributed by atoms with van der Waals surface area (Å²) in [5.74, 6) is -0.200. The Balaban J connectivity index is 1.91. The molecule has 0 aliphatic carbocycles. The van der Waals surface area contributed by atoms with E-state index in [1.54, 1.807) is 24.5 Å². The van der Waals surface area contributed by atoms with Crippen molar-refractivity contribution in [2.75, 3.05) is 13.6 Å². The number of nitrogens with zero attached hydrogens (tertiary/aromatic N) is 2. The number of hydrogen-bond donors (Lipinski definition) is 3. The fourth-order valence-electron chi connectivity index (χ4n) is 3.80. The van der Waals surface area contributed by atoms with E-state index in [1.165, 1.54) is 4.90 Å². The van der Waals surface area contributed by atoms with E-state index in [2.05, 4.69) is 42.0 Å². The highest BCUT2D eigenvalue weighted by Gasteiger charge is 2.47. The second-order valence-corrected chi connectivity index (χ2v) is 8.98. The Hall–Kier alpha value is -2.69. The van der Waals surface area contributed by atoms with Crippen LogP contribution in [0.4, 0.5) is 0 Å². The SMILES string of the molecule is CCC(C)NCC[C@H]1C(=O)N(C)C(=N)N[C@]1(C)c1cc(-c2cccc(C#N)c2)cs1. The molecular formula is C23H29N5OS. The minimum atomic E-state index is -0.659. The molecule has 1 saturated heterocycles. The molecule has 6 nitrogen and oxygen atoms in total. The third kappa shape index (κ3) is 4.25. The summed E-state index contributed by atoms with van der Waals surface area (Å²) >= 11 is 1.58. The van der Waals surface area contributed by atoms with Gasteiger partial charge in [-0.05, 0) is 67.9 Å². The molecule has 1 unspecified atom stereocenters. The number of guanidine groups is 1. The summed E-state index contributed by atoms with van der Waals surface area (Å²) in [6.45, 7) is 7.04. The lowest BCUT2D eigenvalue weighted by Gasteiger charge is -2.45. The van der Waals surface area contributed by atoms with E-state index in [4.69, 9.17) is 5.41 Å². The Morgan fingerprint density at radius 1 is 1.40 bits per heavy atom.